The van der Waals surface area contributed by atoms with Gasteiger partial charge in [0.05, 0.1) is 15.2 Å². The number of hydrogen-bond acceptors (Lipinski definition) is 9. The van der Waals surface area contributed by atoms with Crippen LogP contribution in [0.5, 0.6) is 0 Å². The first-order chi connectivity index (χ1) is 25.1. The molecule has 2 aromatic rings. The quantitative estimate of drug-likeness (QED) is 0.0300. The second-order valence-corrected chi connectivity index (χ2v) is 19.0. The van der Waals surface area contributed by atoms with Gasteiger partial charge in [0, 0.05) is 76.3 Å². The Morgan fingerprint density at radius 3 is 1.94 bits per heavy atom. The van der Waals surface area contributed by atoms with E-state index < -0.39 is 43.0 Å². The molecular formula is C38H47N2O10S4+. The highest BCUT2D eigenvalue weighted by molar-refractivity contribution is 7.86. The highest BCUT2D eigenvalue weighted by Crippen LogP contribution is 2.51. The minimum absolute atomic E-state index is 0.0681. The summed E-state index contributed by atoms with van der Waals surface area (Å²) in [6.07, 6.45) is 7.98. The summed E-state index contributed by atoms with van der Waals surface area (Å²) >= 11 is 11.1. The van der Waals surface area contributed by atoms with Gasteiger partial charge in [0.15, 0.2) is 5.71 Å². The number of carbonyl (C=O) groups is 2. The van der Waals surface area contributed by atoms with Crippen LogP contribution in [-0.4, -0.2) is 81.6 Å². The van der Waals surface area contributed by atoms with Gasteiger partial charge in [-0.1, -0.05) is 38.6 Å². The van der Waals surface area contributed by atoms with E-state index in [1.54, 1.807) is 12.1 Å². The fraction of sp³-hybridized carbons (Fsp3) is 0.474. The van der Waals surface area contributed by atoms with Crippen molar-refractivity contribution in [1.29, 1.82) is 0 Å². The number of aliphatic carboxylic acids is 2. The highest BCUT2D eigenvalue weighted by atomic mass is 32.2. The first-order valence-electron chi connectivity index (χ1n) is 17.8. The SMILES string of the molecule is CC1(C)C(=CC2C(=S)C(=CC3=[N+](CCCCCC(=O)O)c4ccc(S(=O)(=O)O)cc4C3(C)C)C2S)N(CCCCCC(=O)O)c2ccc(S(=O)(=O)O)cc21. The Labute approximate surface area is 327 Å². The lowest BCUT2D eigenvalue weighted by molar-refractivity contribution is -0.438. The van der Waals surface area contributed by atoms with E-state index in [-0.39, 0.29) is 33.8 Å². The molecule has 2 unspecified atom stereocenters. The second-order valence-electron chi connectivity index (χ2n) is 15.1. The fourth-order valence-corrected chi connectivity index (χ4v) is 9.78. The largest absolute Gasteiger partial charge is 0.481 e. The maximum absolute atomic E-state index is 12.1. The maximum atomic E-state index is 12.1. The summed E-state index contributed by atoms with van der Waals surface area (Å²) in [7, 11) is -8.92. The number of benzene rings is 2. The van der Waals surface area contributed by atoms with E-state index >= 15 is 0 Å². The van der Waals surface area contributed by atoms with E-state index in [1.807, 2.05) is 33.8 Å². The van der Waals surface area contributed by atoms with Gasteiger partial charge in [-0.25, -0.2) is 0 Å². The molecule has 54 heavy (non-hydrogen) atoms. The Bertz CT molecular complexity index is 2200. The molecule has 0 radical (unpaired) electrons. The number of hydrogen-bond donors (Lipinski definition) is 5. The zero-order valence-electron chi connectivity index (χ0n) is 30.6. The molecule has 2 aliphatic heterocycles. The number of nitrogens with zero attached hydrogens (tertiary/aromatic N) is 2. The molecule has 1 saturated carbocycles. The lowest BCUT2D eigenvalue weighted by Crippen LogP contribution is -2.42. The van der Waals surface area contributed by atoms with E-state index in [1.165, 1.54) is 24.3 Å². The first kappa shape index (κ1) is 41.7. The van der Waals surface area contributed by atoms with Gasteiger partial charge < -0.3 is 15.1 Å². The molecule has 2 aromatic carbocycles. The van der Waals surface area contributed by atoms with E-state index in [2.05, 4.69) is 15.6 Å². The van der Waals surface area contributed by atoms with Crippen LogP contribution in [0.2, 0.25) is 0 Å². The molecule has 12 nitrogen and oxygen atoms in total. The molecule has 5 rings (SSSR count). The van der Waals surface area contributed by atoms with Gasteiger partial charge in [-0.3, -0.25) is 18.7 Å². The lowest BCUT2D eigenvalue weighted by Gasteiger charge is -2.38. The molecule has 0 aromatic heterocycles. The van der Waals surface area contributed by atoms with Gasteiger partial charge in [0.1, 0.15) is 6.54 Å². The van der Waals surface area contributed by atoms with Crippen LogP contribution in [0, 0.1) is 5.92 Å². The zero-order chi connectivity index (χ0) is 40.0. The molecule has 1 fully saturated rings. The van der Waals surface area contributed by atoms with E-state index in [0.717, 1.165) is 33.9 Å². The minimum atomic E-state index is -4.46. The average molecular weight is 820 g/mol. The van der Waals surface area contributed by atoms with Crippen molar-refractivity contribution >= 4 is 79.0 Å². The Kier molecular flexibility index (Phi) is 12.1. The fourth-order valence-electron chi connectivity index (χ4n) is 7.74. The highest BCUT2D eigenvalue weighted by Gasteiger charge is 2.49. The van der Waals surface area contributed by atoms with Crippen molar-refractivity contribution in [3.63, 3.8) is 0 Å². The van der Waals surface area contributed by atoms with Crippen LogP contribution in [0.25, 0.3) is 0 Å². The van der Waals surface area contributed by atoms with Gasteiger partial charge >= 0.3 is 11.9 Å². The number of thiol groups is 1. The standard InChI is InChI=1S/C38H46N2O10S4/c1-37(2)27-19-23(53(45,46)47)13-15-29(27)39(17-9-5-7-11-33(41)42)31(37)21-25-35(51)26(36(25)52)22-32-38(3,4)28-20-24(54(48,49)50)14-16-30(28)40(32)18-10-6-8-12-34(43)44/h13-16,19-22,25,35H,5-12,17-18H2,1-4H3,(H4-,41,42,43,44,45,46,47,48,49,50,51)/p+1. The maximum Gasteiger partial charge on any atom is 0.303 e. The van der Waals surface area contributed by atoms with Crippen LogP contribution < -0.4 is 4.90 Å². The molecule has 0 saturated heterocycles. The Hall–Kier alpha value is -3.41. The summed E-state index contributed by atoms with van der Waals surface area (Å²) in [5.41, 5.74) is 4.18. The van der Waals surface area contributed by atoms with Crippen LogP contribution in [0.3, 0.4) is 0 Å². The third-order valence-corrected chi connectivity index (χ3v) is 13.5. The van der Waals surface area contributed by atoms with Gasteiger partial charge in [0.2, 0.25) is 5.69 Å². The second kappa shape index (κ2) is 15.6. The number of rotatable bonds is 16. The summed E-state index contributed by atoms with van der Waals surface area (Å²) in [5.74, 6) is -1.99. The smallest absolute Gasteiger partial charge is 0.303 e. The summed E-state index contributed by atoms with van der Waals surface area (Å²) < 4.78 is 70.1. The number of carboxylic acid groups (broad SMARTS) is 2. The Morgan fingerprint density at radius 2 is 1.39 bits per heavy atom. The molecule has 4 N–H and O–H groups in total. The van der Waals surface area contributed by atoms with Crippen LogP contribution in [0.4, 0.5) is 11.4 Å². The van der Waals surface area contributed by atoms with Crippen molar-refractivity contribution in [1.82, 2.24) is 0 Å². The number of unbranched alkanes of at least 4 members (excludes halogenated alkanes) is 4. The summed E-state index contributed by atoms with van der Waals surface area (Å²) in [6, 6.07) is 9.08. The van der Waals surface area contributed by atoms with Crippen molar-refractivity contribution in [3.8, 4) is 0 Å². The average Bonchev–Trinajstić information content (AvgIpc) is 3.41. The molecule has 16 heteroatoms. The van der Waals surface area contributed by atoms with Crippen LogP contribution in [0.15, 0.2) is 69.6 Å². The molecule has 0 bridgehead atoms. The molecule has 292 valence electrons. The van der Waals surface area contributed by atoms with Crippen LogP contribution in [-0.2, 0) is 40.7 Å². The topological polar surface area (TPSA) is 190 Å². The normalized spacial score (nSPS) is 21.8. The predicted molar refractivity (Wildman–Crippen MR) is 213 cm³/mol. The Balaban J connectivity index is 1.50. The van der Waals surface area contributed by atoms with Gasteiger partial charge in [-0.05, 0) is 81.0 Å². The number of allylic oxidation sites excluding steroid dienone is 3. The zero-order valence-corrected chi connectivity index (χ0v) is 34.0. The molecular weight excluding hydrogens is 773 g/mol. The number of carboxylic acids is 2. The molecule has 2 atom stereocenters. The van der Waals surface area contributed by atoms with E-state index in [4.69, 9.17) is 35.1 Å². The van der Waals surface area contributed by atoms with E-state index in [0.29, 0.717) is 62.0 Å². The summed E-state index contributed by atoms with van der Waals surface area (Å²) in [4.78, 5) is 24.5. The van der Waals surface area contributed by atoms with Gasteiger partial charge in [0.25, 0.3) is 20.2 Å². The Morgan fingerprint density at radius 1 is 0.833 bits per heavy atom. The lowest BCUT2D eigenvalue weighted by atomic mass is 9.73. The van der Waals surface area contributed by atoms with Crippen molar-refractivity contribution in [2.75, 3.05) is 18.0 Å². The van der Waals surface area contributed by atoms with Crippen molar-refractivity contribution in [3.05, 3.63) is 70.9 Å². The number of anilines is 1. The van der Waals surface area contributed by atoms with Crippen LogP contribution >= 0.6 is 24.8 Å². The van der Waals surface area contributed by atoms with Crippen LogP contribution in [0.1, 0.15) is 90.2 Å². The number of fused-ring (bicyclic) bond motifs is 2. The minimum Gasteiger partial charge on any atom is -0.481 e. The first-order valence-corrected chi connectivity index (χ1v) is 21.6. The summed E-state index contributed by atoms with van der Waals surface area (Å²) in [5, 5.41) is 17.8. The van der Waals surface area contributed by atoms with Crippen molar-refractivity contribution in [2.45, 2.75) is 105 Å². The monoisotopic (exact) mass is 819 g/mol. The van der Waals surface area contributed by atoms with Gasteiger partial charge in [-0.2, -0.15) is 34.0 Å². The molecule has 2 heterocycles. The third kappa shape index (κ3) is 8.38. The predicted octanol–water partition coefficient (Wildman–Crippen LogP) is 6.75. The summed E-state index contributed by atoms with van der Waals surface area (Å²) in [6.45, 7) is 8.98. The molecule has 1 aliphatic carbocycles. The van der Waals surface area contributed by atoms with Crippen molar-refractivity contribution in [2.24, 2.45) is 5.92 Å². The molecule has 3 aliphatic rings. The van der Waals surface area contributed by atoms with Gasteiger partial charge in [-0.15, -0.1) is 0 Å². The molecule has 0 spiro atoms. The third-order valence-electron chi connectivity index (χ3n) is 10.7. The van der Waals surface area contributed by atoms with E-state index in [9.17, 15) is 35.5 Å². The molecule has 0 amide bonds. The number of thiocarbonyl (C=S) groups is 1. The van der Waals surface area contributed by atoms with Crippen molar-refractivity contribution < 1.29 is 50.3 Å².